The maximum absolute atomic E-state index is 13.4. The van der Waals surface area contributed by atoms with E-state index in [1.807, 2.05) is 27.7 Å². The molecular formula is C39H62N12O12. The lowest BCUT2D eigenvalue weighted by Gasteiger charge is -2.24. The first-order valence-electron chi connectivity index (χ1n) is 20.2. The third-order valence-corrected chi connectivity index (χ3v) is 8.67. The van der Waals surface area contributed by atoms with Gasteiger partial charge in [0, 0.05) is 13.0 Å². The zero-order valence-electron chi connectivity index (χ0n) is 35.9. The van der Waals surface area contributed by atoms with Crippen molar-refractivity contribution in [1.82, 2.24) is 42.5 Å². The minimum Gasteiger partial charge on any atom is -0.481 e. The van der Waals surface area contributed by atoms with E-state index in [2.05, 4.69) is 47.5 Å². The Balaban J connectivity index is 2.74. The Morgan fingerprint density at radius 2 is 1.08 bits per heavy atom. The average molecular weight is 891 g/mol. The molecule has 0 aromatic heterocycles. The van der Waals surface area contributed by atoms with Gasteiger partial charge in [-0.2, -0.15) is 0 Å². The molecule has 0 aliphatic heterocycles. The van der Waals surface area contributed by atoms with Crippen LogP contribution in [0.2, 0.25) is 0 Å². The standard InChI is InChI=1S/C39H62N12O12/c1-21(2)13-24(40)34(58)50-26(14-22(3)4)35(59)47-19-31(54)45-17-29(52)44-18-30(53)46-20-32(55)48-28(16-33(56)57)37(61)51-27(15-23-9-6-5-7-10-23)36(60)49-25(38(62)63)11-8-12-43-39(41)42/h5-7,9-10,21-22,24-28H,8,11-20,40H2,1-4H3,(H,44,52)(H,45,54)(H,46,53)(H,47,59)(H,48,55)(H,49,60)(H,50,58)(H,51,61)(H,56,57)(H,62,63)(H4,41,42,43)/t24-,25-,26-,27-,28-/m0/s1. The molecule has 24 heteroatoms. The Bertz CT molecular complexity index is 1770. The summed E-state index contributed by atoms with van der Waals surface area (Å²) >= 11 is 0. The van der Waals surface area contributed by atoms with E-state index in [1.165, 1.54) is 0 Å². The molecule has 0 unspecified atom stereocenters. The molecule has 24 nitrogen and oxygen atoms in total. The van der Waals surface area contributed by atoms with Crippen LogP contribution in [-0.2, 0) is 54.4 Å². The minimum atomic E-state index is -1.76. The summed E-state index contributed by atoms with van der Waals surface area (Å²) in [4.78, 5) is 129. The fourth-order valence-corrected chi connectivity index (χ4v) is 5.61. The van der Waals surface area contributed by atoms with Gasteiger partial charge in [-0.3, -0.25) is 48.1 Å². The third-order valence-electron chi connectivity index (χ3n) is 8.67. The highest BCUT2D eigenvalue weighted by molar-refractivity contribution is 5.96. The van der Waals surface area contributed by atoms with E-state index in [1.54, 1.807) is 30.3 Å². The minimum absolute atomic E-state index is 0.0147. The van der Waals surface area contributed by atoms with Gasteiger partial charge in [0.2, 0.25) is 47.3 Å². The number of aliphatic carboxylic acids is 2. The molecule has 8 amide bonds. The van der Waals surface area contributed by atoms with Crippen LogP contribution >= 0.6 is 0 Å². The number of nitrogens with one attached hydrogen (secondary N) is 8. The van der Waals surface area contributed by atoms with Gasteiger partial charge in [0.25, 0.3) is 0 Å². The second-order valence-corrected chi connectivity index (χ2v) is 15.3. The SMILES string of the molecule is CC(C)C[C@H](NC(=O)[C@@H](N)CC(C)C)C(=O)NCC(=O)NCC(=O)NCC(=O)NCC(=O)N[C@@H](CC(=O)O)C(=O)N[C@@H](Cc1ccccc1)C(=O)N[C@@H](CCCN=C(N)N)C(=O)O. The van der Waals surface area contributed by atoms with E-state index in [4.69, 9.17) is 17.2 Å². The molecule has 350 valence electrons. The van der Waals surface area contributed by atoms with Gasteiger partial charge in [-0.1, -0.05) is 58.0 Å². The maximum Gasteiger partial charge on any atom is 0.326 e. The fourth-order valence-electron chi connectivity index (χ4n) is 5.61. The number of rotatable bonds is 29. The molecule has 0 saturated heterocycles. The fraction of sp³-hybridized carbons (Fsp3) is 0.564. The first-order chi connectivity index (χ1) is 29.6. The Hall–Kier alpha value is -6.85. The molecule has 0 bridgehead atoms. The van der Waals surface area contributed by atoms with Gasteiger partial charge in [-0.15, -0.1) is 0 Å². The van der Waals surface area contributed by atoms with Crippen molar-refractivity contribution in [2.75, 3.05) is 32.7 Å². The summed E-state index contributed by atoms with van der Waals surface area (Å²) in [5.74, 6) is -9.53. The third kappa shape index (κ3) is 24.3. The summed E-state index contributed by atoms with van der Waals surface area (Å²) in [5, 5.41) is 37.7. The van der Waals surface area contributed by atoms with E-state index in [0.717, 1.165) is 0 Å². The van der Waals surface area contributed by atoms with Gasteiger partial charge in [-0.25, -0.2) is 4.79 Å². The second-order valence-electron chi connectivity index (χ2n) is 15.3. The van der Waals surface area contributed by atoms with Crippen LogP contribution in [0.25, 0.3) is 0 Å². The highest BCUT2D eigenvalue weighted by Crippen LogP contribution is 2.09. The topological polar surface area (TPSA) is 398 Å². The van der Waals surface area contributed by atoms with Gasteiger partial charge in [-0.05, 0) is 43.1 Å². The van der Waals surface area contributed by atoms with E-state index < -0.39 is 122 Å². The number of aliphatic imine (C=N–C) groups is 1. The van der Waals surface area contributed by atoms with Crippen molar-refractivity contribution in [2.24, 2.45) is 34.0 Å². The first-order valence-corrected chi connectivity index (χ1v) is 20.2. The van der Waals surface area contributed by atoms with Gasteiger partial charge < -0.3 is 69.9 Å². The molecule has 1 aromatic carbocycles. The smallest absolute Gasteiger partial charge is 0.326 e. The number of hydrogen-bond acceptors (Lipinski definition) is 12. The van der Waals surface area contributed by atoms with E-state index in [-0.39, 0.29) is 50.0 Å². The molecule has 63 heavy (non-hydrogen) atoms. The number of guanidine groups is 1. The van der Waals surface area contributed by atoms with Gasteiger partial charge in [0.05, 0.1) is 38.6 Å². The monoisotopic (exact) mass is 890 g/mol. The molecule has 0 fully saturated rings. The lowest BCUT2D eigenvalue weighted by atomic mass is 10.0. The average Bonchev–Trinajstić information content (AvgIpc) is 3.20. The molecule has 16 N–H and O–H groups in total. The summed E-state index contributed by atoms with van der Waals surface area (Å²) in [7, 11) is 0. The normalized spacial score (nSPS) is 13.1. The van der Waals surface area contributed by atoms with Gasteiger partial charge in [0.15, 0.2) is 5.96 Å². The van der Waals surface area contributed by atoms with Crippen LogP contribution in [0, 0.1) is 11.8 Å². The van der Waals surface area contributed by atoms with Crippen LogP contribution in [0.1, 0.15) is 65.4 Å². The van der Waals surface area contributed by atoms with Crippen LogP contribution in [-0.4, -0.2) is 138 Å². The van der Waals surface area contributed by atoms with Gasteiger partial charge in [0.1, 0.15) is 24.2 Å². The Kier molecular flexibility index (Phi) is 24.6. The second kappa shape index (κ2) is 28.6. The molecule has 0 saturated carbocycles. The van der Waals surface area contributed by atoms with Crippen LogP contribution in [0.3, 0.4) is 0 Å². The molecule has 1 aromatic rings. The first kappa shape index (κ1) is 54.2. The number of amides is 8. The van der Waals surface area contributed by atoms with Crippen molar-refractivity contribution in [3.05, 3.63) is 35.9 Å². The summed E-state index contributed by atoms with van der Waals surface area (Å²) < 4.78 is 0. The molecule has 0 radical (unpaired) electrons. The quantitative estimate of drug-likeness (QED) is 0.0205. The van der Waals surface area contributed by atoms with Crippen molar-refractivity contribution >= 4 is 65.2 Å². The summed E-state index contributed by atoms with van der Waals surface area (Å²) in [6.45, 7) is 5.03. The van der Waals surface area contributed by atoms with Crippen LogP contribution < -0.4 is 59.7 Å². The Morgan fingerprint density at radius 3 is 1.59 bits per heavy atom. The van der Waals surface area contributed by atoms with Crippen molar-refractivity contribution in [2.45, 2.75) is 96.4 Å². The number of carbonyl (C=O) groups excluding carboxylic acids is 8. The molecular weight excluding hydrogens is 829 g/mol. The molecule has 0 heterocycles. The van der Waals surface area contributed by atoms with Crippen LogP contribution in [0.5, 0.6) is 0 Å². The lowest BCUT2D eigenvalue weighted by Crippen LogP contribution is -2.57. The number of carboxylic acids is 2. The number of hydrogen-bond donors (Lipinski definition) is 13. The Labute approximate surface area is 364 Å². The summed E-state index contributed by atoms with van der Waals surface area (Å²) in [5.41, 5.74) is 17.1. The summed E-state index contributed by atoms with van der Waals surface area (Å²) in [6.07, 6.45) is -0.304. The number of nitrogens with two attached hydrogens (primary N) is 3. The lowest BCUT2D eigenvalue weighted by molar-refractivity contribution is -0.143. The zero-order valence-corrected chi connectivity index (χ0v) is 35.9. The molecule has 0 spiro atoms. The highest BCUT2D eigenvalue weighted by Gasteiger charge is 2.31. The predicted molar refractivity (Wildman–Crippen MR) is 227 cm³/mol. The molecule has 0 aliphatic carbocycles. The molecule has 1 rings (SSSR count). The number of carbonyl (C=O) groups is 10. The summed E-state index contributed by atoms with van der Waals surface area (Å²) in [6, 6.07) is 1.93. The predicted octanol–water partition coefficient (Wildman–Crippen LogP) is -4.33. The number of carboxylic acid groups (broad SMARTS) is 2. The van der Waals surface area contributed by atoms with Crippen molar-refractivity contribution in [3.63, 3.8) is 0 Å². The molecule has 0 aliphatic rings. The highest BCUT2D eigenvalue weighted by atomic mass is 16.4. The van der Waals surface area contributed by atoms with Crippen LogP contribution in [0.15, 0.2) is 35.3 Å². The van der Waals surface area contributed by atoms with E-state index in [9.17, 15) is 58.2 Å². The Morgan fingerprint density at radius 1 is 0.587 bits per heavy atom. The maximum atomic E-state index is 13.4. The van der Waals surface area contributed by atoms with Gasteiger partial charge >= 0.3 is 11.9 Å². The van der Waals surface area contributed by atoms with Crippen molar-refractivity contribution in [3.8, 4) is 0 Å². The zero-order chi connectivity index (χ0) is 47.6. The van der Waals surface area contributed by atoms with Crippen LogP contribution in [0.4, 0.5) is 0 Å². The van der Waals surface area contributed by atoms with Crippen molar-refractivity contribution < 1.29 is 58.2 Å². The van der Waals surface area contributed by atoms with Crippen molar-refractivity contribution in [1.29, 1.82) is 0 Å². The molecule has 5 atom stereocenters. The number of nitrogens with zero attached hydrogens (tertiary/aromatic N) is 1. The van der Waals surface area contributed by atoms with E-state index in [0.29, 0.717) is 12.0 Å². The number of benzene rings is 1. The largest absolute Gasteiger partial charge is 0.481 e. The van der Waals surface area contributed by atoms with E-state index >= 15 is 0 Å².